The van der Waals surface area contributed by atoms with Gasteiger partial charge in [-0.3, -0.25) is 0 Å². The molecule has 0 N–H and O–H groups in total. The van der Waals surface area contributed by atoms with E-state index in [1.165, 1.54) is 24.2 Å². The Bertz CT molecular complexity index is 544. The van der Waals surface area contributed by atoms with Crippen molar-refractivity contribution in [1.82, 2.24) is 4.90 Å². The van der Waals surface area contributed by atoms with E-state index < -0.39 is 0 Å². The van der Waals surface area contributed by atoms with Crippen LogP contribution in [0.15, 0.2) is 35.9 Å². The molecule has 1 aromatic rings. The molecule has 0 aliphatic heterocycles. The third-order valence-electron chi connectivity index (χ3n) is 6.09. The maximum Gasteiger partial charge on any atom is 0.126 e. The lowest BCUT2D eigenvalue weighted by Crippen LogP contribution is -2.27. The molecule has 0 aromatic heterocycles. The van der Waals surface area contributed by atoms with Gasteiger partial charge in [0.05, 0.1) is 0 Å². The van der Waals surface area contributed by atoms with Gasteiger partial charge in [-0.25, -0.2) is 0 Å². The Balaban J connectivity index is 1.54. The molecule has 4 aliphatic carbocycles. The molecule has 0 heterocycles. The van der Waals surface area contributed by atoms with Crippen LogP contribution in [0.1, 0.15) is 32.3 Å². The molecular formula is C20H27NO. The smallest absolute Gasteiger partial charge is 0.126 e. The largest absolute Gasteiger partial charge is 0.492 e. The fraction of sp³-hybridized carbons (Fsp3) is 0.600. The van der Waals surface area contributed by atoms with E-state index >= 15 is 0 Å². The Morgan fingerprint density at radius 3 is 2.32 bits per heavy atom. The first-order chi connectivity index (χ1) is 10.8. The minimum atomic E-state index is 0.810. The summed E-state index contributed by atoms with van der Waals surface area (Å²) >= 11 is 0. The van der Waals surface area contributed by atoms with E-state index in [1.807, 2.05) is 0 Å². The Hall–Kier alpha value is -1.28. The zero-order valence-corrected chi connectivity index (χ0v) is 13.8. The van der Waals surface area contributed by atoms with E-state index in [9.17, 15) is 0 Å². The lowest BCUT2D eigenvalue weighted by Gasteiger charge is -2.21. The van der Waals surface area contributed by atoms with Crippen LogP contribution in [0.5, 0.6) is 0 Å². The second-order valence-corrected chi connectivity index (χ2v) is 7.05. The van der Waals surface area contributed by atoms with Crippen LogP contribution in [0.2, 0.25) is 0 Å². The predicted molar refractivity (Wildman–Crippen MR) is 90.3 cm³/mol. The van der Waals surface area contributed by atoms with Crippen molar-refractivity contribution in [2.24, 2.45) is 23.7 Å². The van der Waals surface area contributed by atoms with Gasteiger partial charge < -0.3 is 9.64 Å². The molecule has 5 rings (SSSR count). The lowest BCUT2D eigenvalue weighted by atomic mass is 10.0. The number of ether oxygens (including phenoxy) is 1. The van der Waals surface area contributed by atoms with Crippen molar-refractivity contribution in [1.29, 1.82) is 0 Å². The molecule has 0 amide bonds. The van der Waals surface area contributed by atoms with Crippen molar-refractivity contribution < 1.29 is 4.74 Å². The molecule has 0 saturated heterocycles. The normalized spacial score (nSPS) is 33.4. The van der Waals surface area contributed by atoms with E-state index in [2.05, 4.69) is 49.1 Å². The van der Waals surface area contributed by atoms with Crippen LogP contribution in [0.4, 0.5) is 0 Å². The van der Waals surface area contributed by atoms with Gasteiger partial charge in [0.15, 0.2) is 0 Å². The summed E-state index contributed by atoms with van der Waals surface area (Å²) in [7, 11) is 0. The molecule has 0 radical (unpaired) electrons. The standard InChI is InChI=1S/C20H27NO/c1-3-21(4-2)10-11-22-20(14-8-6-5-7-9-14)18-15-12-16-17(13-15)19(16)18/h5-9,15-17,19H,3-4,10-13H2,1-2H3/b20-18-/t15?,16-,17+,19?. The minimum Gasteiger partial charge on any atom is -0.492 e. The van der Waals surface area contributed by atoms with Crippen molar-refractivity contribution in [2.75, 3.05) is 26.2 Å². The molecule has 2 nitrogen and oxygen atoms in total. The summed E-state index contributed by atoms with van der Waals surface area (Å²) in [4.78, 5) is 2.43. The second kappa shape index (κ2) is 5.73. The number of likely N-dealkylation sites (N-methyl/N-ethyl adjacent to an activating group) is 1. The fourth-order valence-corrected chi connectivity index (χ4v) is 4.90. The van der Waals surface area contributed by atoms with Gasteiger partial charge in [0, 0.05) is 12.1 Å². The first-order valence-corrected chi connectivity index (χ1v) is 8.98. The van der Waals surface area contributed by atoms with E-state index in [1.54, 1.807) is 5.57 Å². The fourth-order valence-electron chi connectivity index (χ4n) is 4.90. The van der Waals surface area contributed by atoms with Crippen LogP contribution < -0.4 is 0 Å². The third kappa shape index (κ3) is 2.28. The van der Waals surface area contributed by atoms with Crippen molar-refractivity contribution in [3.05, 3.63) is 41.5 Å². The molecular weight excluding hydrogens is 270 g/mol. The summed E-state index contributed by atoms with van der Waals surface area (Å²) in [6.07, 6.45) is 2.86. The first-order valence-electron chi connectivity index (χ1n) is 8.98. The Labute approximate surface area is 134 Å². The minimum absolute atomic E-state index is 0.810. The zero-order valence-electron chi connectivity index (χ0n) is 13.8. The molecule has 4 saturated carbocycles. The highest BCUT2D eigenvalue weighted by Gasteiger charge is 2.66. The molecule has 0 spiro atoms. The highest BCUT2D eigenvalue weighted by molar-refractivity contribution is 5.67. The third-order valence-corrected chi connectivity index (χ3v) is 6.09. The topological polar surface area (TPSA) is 12.5 Å². The van der Waals surface area contributed by atoms with Gasteiger partial charge >= 0.3 is 0 Å². The molecule has 1 aromatic carbocycles. The van der Waals surface area contributed by atoms with Crippen LogP contribution in [0, 0.1) is 23.7 Å². The summed E-state index contributed by atoms with van der Waals surface area (Å²) in [5, 5.41) is 0. The van der Waals surface area contributed by atoms with Gasteiger partial charge in [-0.2, -0.15) is 0 Å². The summed E-state index contributed by atoms with van der Waals surface area (Å²) < 4.78 is 6.38. The highest BCUT2D eigenvalue weighted by atomic mass is 16.5. The summed E-state index contributed by atoms with van der Waals surface area (Å²) in [5.41, 5.74) is 2.95. The number of allylic oxidation sites excluding steroid dienone is 1. The molecule has 4 aliphatic rings. The molecule has 118 valence electrons. The Kier molecular flexibility index (Phi) is 3.73. The Morgan fingerprint density at radius 2 is 1.77 bits per heavy atom. The molecule has 4 fully saturated rings. The molecule has 4 bridgehead atoms. The maximum atomic E-state index is 6.38. The van der Waals surface area contributed by atoms with Crippen LogP contribution in [-0.4, -0.2) is 31.1 Å². The quantitative estimate of drug-likeness (QED) is 0.704. The maximum absolute atomic E-state index is 6.38. The van der Waals surface area contributed by atoms with E-state index in [-0.39, 0.29) is 0 Å². The van der Waals surface area contributed by atoms with E-state index in [4.69, 9.17) is 4.74 Å². The van der Waals surface area contributed by atoms with Crippen LogP contribution in [0.25, 0.3) is 5.76 Å². The number of hydrogen-bond donors (Lipinski definition) is 0. The number of nitrogens with zero attached hydrogens (tertiary/aromatic N) is 1. The van der Waals surface area contributed by atoms with Crippen molar-refractivity contribution >= 4 is 5.76 Å². The van der Waals surface area contributed by atoms with Gasteiger partial charge in [-0.05, 0) is 55.2 Å². The van der Waals surface area contributed by atoms with Gasteiger partial charge in [0.25, 0.3) is 0 Å². The van der Waals surface area contributed by atoms with Crippen LogP contribution in [-0.2, 0) is 4.74 Å². The lowest BCUT2D eigenvalue weighted by molar-refractivity contribution is 0.200. The number of rotatable bonds is 7. The van der Waals surface area contributed by atoms with Crippen LogP contribution in [0.3, 0.4) is 0 Å². The first kappa shape index (κ1) is 14.3. The number of hydrogen-bond acceptors (Lipinski definition) is 2. The van der Waals surface area contributed by atoms with E-state index in [0.29, 0.717) is 0 Å². The average molecular weight is 297 g/mol. The molecule has 4 atom stereocenters. The monoisotopic (exact) mass is 297 g/mol. The van der Waals surface area contributed by atoms with E-state index in [0.717, 1.165) is 49.9 Å². The van der Waals surface area contributed by atoms with Crippen molar-refractivity contribution in [3.63, 3.8) is 0 Å². The number of benzene rings is 1. The summed E-state index contributed by atoms with van der Waals surface area (Å²) in [6, 6.07) is 10.8. The summed E-state index contributed by atoms with van der Waals surface area (Å²) in [5.74, 6) is 4.93. The molecule has 2 heteroatoms. The predicted octanol–water partition coefficient (Wildman–Crippen LogP) is 4.04. The van der Waals surface area contributed by atoms with Crippen LogP contribution >= 0.6 is 0 Å². The highest BCUT2D eigenvalue weighted by Crippen LogP contribution is 2.74. The van der Waals surface area contributed by atoms with Gasteiger partial charge in [0.1, 0.15) is 12.4 Å². The van der Waals surface area contributed by atoms with Gasteiger partial charge in [0.2, 0.25) is 0 Å². The summed E-state index contributed by atoms with van der Waals surface area (Å²) in [6.45, 7) is 8.49. The second-order valence-electron chi connectivity index (χ2n) is 7.05. The zero-order chi connectivity index (χ0) is 15.1. The van der Waals surface area contributed by atoms with Crippen molar-refractivity contribution in [2.45, 2.75) is 26.7 Å². The van der Waals surface area contributed by atoms with Crippen molar-refractivity contribution in [3.8, 4) is 0 Å². The van der Waals surface area contributed by atoms with Gasteiger partial charge in [-0.1, -0.05) is 44.2 Å². The Morgan fingerprint density at radius 1 is 1.09 bits per heavy atom. The SMILES string of the molecule is CCN(CC)CCO/C(=C1/C2C[C@@H]3C1[C@@H]3C2)c1ccccc1. The van der Waals surface area contributed by atoms with Gasteiger partial charge in [-0.15, -0.1) is 0 Å². The average Bonchev–Trinajstić information content (AvgIpc) is 2.93. The molecule has 2 unspecified atom stereocenters. The molecule has 22 heavy (non-hydrogen) atoms.